The first-order valence-electron chi connectivity index (χ1n) is 7.03. The second-order valence-corrected chi connectivity index (χ2v) is 5.08. The number of amides is 1. The van der Waals surface area contributed by atoms with Crippen LogP contribution in [0.2, 0.25) is 0 Å². The van der Waals surface area contributed by atoms with Gasteiger partial charge in [0.25, 0.3) is 5.91 Å². The van der Waals surface area contributed by atoms with Crippen molar-refractivity contribution in [3.8, 4) is 0 Å². The van der Waals surface area contributed by atoms with Gasteiger partial charge in [-0.25, -0.2) is 0 Å². The Balaban J connectivity index is 1.78. The number of benzene rings is 1. The van der Waals surface area contributed by atoms with E-state index in [1.807, 2.05) is 30.3 Å². The summed E-state index contributed by atoms with van der Waals surface area (Å²) in [5, 5.41) is 22.6. The van der Waals surface area contributed by atoms with E-state index in [1.54, 1.807) is 0 Å². The van der Waals surface area contributed by atoms with Gasteiger partial charge in [0.1, 0.15) is 0 Å². The summed E-state index contributed by atoms with van der Waals surface area (Å²) in [6.07, 6.45) is 0.845. The van der Waals surface area contributed by atoms with Crippen LogP contribution in [0.1, 0.15) is 33.4 Å². The summed E-state index contributed by atoms with van der Waals surface area (Å²) in [4.78, 5) is 12.4. The predicted molar refractivity (Wildman–Crippen MR) is 77.7 cm³/mol. The van der Waals surface area contributed by atoms with Crippen molar-refractivity contribution in [3.63, 3.8) is 0 Å². The van der Waals surface area contributed by atoms with Crippen molar-refractivity contribution in [2.75, 3.05) is 13.2 Å². The van der Waals surface area contributed by atoms with Gasteiger partial charge < -0.3 is 15.7 Å². The highest BCUT2D eigenvalue weighted by molar-refractivity contribution is 5.94. The summed E-state index contributed by atoms with van der Waals surface area (Å²) in [7, 11) is 0. The standard InChI is InChI=1S/C15H18N4O2/c20-9-13(10-4-2-1-3-5-10)17-15(21)14-11-8-16-7-6-12(11)18-19-14/h1-5,13,16,20H,6-9H2,(H,17,21)(H,18,19)/t13-/m1/s1. The normalized spacial score (nSPS) is 15.3. The molecule has 0 saturated heterocycles. The fourth-order valence-corrected chi connectivity index (χ4v) is 2.56. The molecule has 6 heteroatoms. The molecule has 0 saturated carbocycles. The number of nitrogens with one attached hydrogen (secondary N) is 3. The average Bonchev–Trinajstić information content (AvgIpc) is 2.97. The number of carbonyl (C=O) groups excluding carboxylic acids is 1. The number of rotatable bonds is 4. The van der Waals surface area contributed by atoms with Gasteiger partial charge >= 0.3 is 0 Å². The number of hydrogen-bond acceptors (Lipinski definition) is 4. The van der Waals surface area contributed by atoms with Crippen LogP contribution in [0.25, 0.3) is 0 Å². The van der Waals surface area contributed by atoms with E-state index in [2.05, 4.69) is 20.8 Å². The van der Waals surface area contributed by atoms with Crippen LogP contribution in [0, 0.1) is 0 Å². The van der Waals surface area contributed by atoms with Crippen LogP contribution in [0.5, 0.6) is 0 Å². The van der Waals surface area contributed by atoms with E-state index in [1.165, 1.54) is 0 Å². The van der Waals surface area contributed by atoms with Crippen molar-refractivity contribution < 1.29 is 9.90 Å². The Hall–Kier alpha value is -2.18. The Morgan fingerprint density at radius 3 is 2.95 bits per heavy atom. The first kappa shape index (κ1) is 13.8. The maximum atomic E-state index is 12.4. The number of aliphatic hydroxyl groups is 1. The number of aliphatic hydroxyl groups excluding tert-OH is 1. The van der Waals surface area contributed by atoms with Gasteiger partial charge in [-0.05, 0) is 5.56 Å². The van der Waals surface area contributed by atoms with E-state index in [0.29, 0.717) is 12.2 Å². The van der Waals surface area contributed by atoms with Gasteiger partial charge in [-0.2, -0.15) is 5.10 Å². The maximum absolute atomic E-state index is 12.4. The lowest BCUT2D eigenvalue weighted by Crippen LogP contribution is -2.32. The SMILES string of the molecule is O=C(N[C@H](CO)c1ccccc1)c1n[nH]c2c1CNCC2. The summed E-state index contributed by atoms with van der Waals surface area (Å²) in [5.74, 6) is -0.265. The monoisotopic (exact) mass is 286 g/mol. The molecule has 0 unspecified atom stereocenters. The van der Waals surface area contributed by atoms with Gasteiger partial charge in [0.15, 0.2) is 5.69 Å². The minimum Gasteiger partial charge on any atom is -0.394 e. The molecule has 1 amide bonds. The summed E-state index contributed by atoms with van der Waals surface area (Å²) >= 11 is 0. The third-order valence-electron chi connectivity index (χ3n) is 3.71. The minimum atomic E-state index is -0.428. The molecule has 110 valence electrons. The second-order valence-electron chi connectivity index (χ2n) is 5.08. The molecule has 0 spiro atoms. The van der Waals surface area contributed by atoms with E-state index >= 15 is 0 Å². The average molecular weight is 286 g/mol. The van der Waals surface area contributed by atoms with Crippen LogP contribution >= 0.6 is 0 Å². The highest BCUT2D eigenvalue weighted by Gasteiger charge is 2.23. The Morgan fingerprint density at radius 1 is 1.38 bits per heavy atom. The summed E-state index contributed by atoms with van der Waals surface area (Å²) in [6, 6.07) is 8.98. The van der Waals surface area contributed by atoms with Crippen molar-refractivity contribution in [1.82, 2.24) is 20.8 Å². The summed E-state index contributed by atoms with van der Waals surface area (Å²) in [5.41, 5.74) is 3.21. The van der Waals surface area contributed by atoms with E-state index in [4.69, 9.17) is 0 Å². The molecule has 0 bridgehead atoms. The highest BCUT2D eigenvalue weighted by atomic mass is 16.3. The van der Waals surface area contributed by atoms with Gasteiger partial charge in [0.2, 0.25) is 0 Å². The van der Waals surface area contributed by atoms with Gasteiger partial charge in [0, 0.05) is 30.8 Å². The molecule has 1 aromatic carbocycles. The lowest BCUT2D eigenvalue weighted by atomic mass is 10.1. The molecular weight excluding hydrogens is 268 g/mol. The van der Waals surface area contributed by atoms with E-state index < -0.39 is 6.04 Å². The Morgan fingerprint density at radius 2 is 2.19 bits per heavy atom. The largest absolute Gasteiger partial charge is 0.394 e. The second kappa shape index (κ2) is 6.07. The molecule has 2 heterocycles. The molecule has 21 heavy (non-hydrogen) atoms. The first-order chi connectivity index (χ1) is 10.3. The molecule has 2 aromatic rings. The molecule has 4 N–H and O–H groups in total. The number of H-pyrrole nitrogens is 1. The van der Waals surface area contributed by atoms with Crippen LogP contribution in [0.15, 0.2) is 30.3 Å². The Labute approximate surface area is 122 Å². The molecule has 3 rings (SSSR count). The molecule has 1 aromatic heterocycles. The number of aromatic amines is 1. The van der Waals surface area contributed by atoms with Crippen LogP contribution in [-0.2, 0) is 13.0 Å². The third kappa shape index (κ3) is 2.81. The highest BCUT2D eigenvalue weighted by Crippen LogP contribution is 2.17. The van der Waals surface area contributed by atoms with E-state index in [0.717, 1.165) is 29.8 Å². The quantitative estimate of drug-likeness (QED) is 0.659. The molecule has 6 nitrogen and oxygen atoms in total. The number of aromatic nitrogens is 2. The van der Waals surface area contributed by atoms with Crippen molar-refractivity contribution in [2.45, 2.75) is 19.0 Å². The Bertz CT molecular complexity index is 624. The lowest BCUT2D eigenvalue weighted by Gasteiger charge is -2.17. The smallest absolute Gasteiger partial charge is 0.272 e. The molecule has 1 aliphatic rings. The van der Waals surface area contributed by atoms with Crippen LogP contribution in [0.3, 0.4) is 0 Å². The number of hydrogen-bond donors (Lipinski definition) is 4. The zero-order valence-electron chi connectivity index (χ0n) is 11.6. The van der Waals surface area contributed by atoms with Gasteiger partial charge in [-0.3, -0.25) is 9.89 Å². The third-order valence-corrected chi connectivity index (χ3v) is 3.71. The van der Waals surface area contributed by atoms with Gasteiger partial charge in [0.05, 0.1) is 12.6 Å². The lowest BCUT2D eigenvalue weighted by molar-refractivity contribution is 0.0910. The molecule has 0 radical (unpaired) electrons. The molecule has 1 aliphatic heterocycles. The summed E-state index contributed by atoms with van der Waals surface area (Å²) < 4.78 is 0. The number of fused-ring (bicyclic) bond motifs is 1. The molecule has 0 aliphatic carbocycles. The predicted octanol–water partition coefficient (Wildman–Crippen LogP) is 0.519. The van der Waals surface area contributed by atoms with Crippen molar-refractivity contribution in [2.24, 2.45) is 0 Å². The van der Waals surface area contributed by atoms with Crippen molar-refractivity contribution >= 4 is 5.91 Å². The van der Waals surface area contributed by atoms with E-state index in [9.17, 15) is 9.90 Å². The number of nitrogens with zero attached hydrogens (tertiary/aromatic N) is 1. The number of carbonyl (C=O) groups is 1. The first-order valence-corrected chi connectivity index (χ1v) is 7.03. The molecular formula is C15H18N4O2. The van der Waals surface area contributed by atoms with E-state index in [-0.39, 0.29) is 12.5 Å². The van der Waals surface area contributed by atoms with Gasteiger partial charge in [-0.15, -0.1) is 0 Å². The minimum absolute atomic E-state index is 0.152. The molecule has 0 fully saturated rings. The van der Waals surface area contributed by atoms with Gasteiger partial charge in [-0.1, -0.05) is 30.3 Å². The fourth-order valence-electron chi connectivity index (χ4n) is 2.56. The van der Waals surface area contributed by atoms with Crippen LogP contribution in [0.4, 0.5) is 0 Å². The van der Waals surface area contributed by atoms with Crippen LogP contribution in [-0.4, -0.2) is 34.4 Å². The topological polar surface area (TPSA) is 90.0 Å². The Kier molecular flexibility index (Phi) is 3.98. The van der Waals surface area contributed by atoms with Crippen molar-refractivity contribution in [1.29, 1.82) is 0 Å². The zero-order valence-corrected chi connectivity index (χ0v) is 11.6. The fraction of sp³-hybridized carbons (Fsp3) is 0.333. The zero-order chi connectivity index (χ0) is 14.7. The maximum Gasteiger partial charge on any atom is 0.272 e. The van der Waals surface area contributed by atoms with Crippen molar-refractivity contribution in [3.05, 3.63) is 52.8 Å². The van der Waals surface area contributed by atoms with Crippen LogP contribution < -0.4 is 10.6 Å². The summed E-state index contributed by atoms with van der Waals surface area (Å²) in [6.45, 7) is 1.38. The molecule has 1 atom stereocenters.